The van der Waals surface area contributed by atoms with E-state index in [0.29, 0.717) is 29.4 Å². The molecule has 8 nitrogen and oxygen atoms in total. The van der Waals surface area contributed by atoms with Crippen LogP contribution >= 0.6 is 0 Å². The lowest BCUT2D eigenvalue weighted by atomic mass is 9.79. The van der Waals surface area contributed by atoms with E-state index in [-0.39, 0.29) is 17.4 Å². The van der Waals surface area contributed by atoms with Crippen molar-refractivity contribution in [1.29, 1.82) is 5.26 Å². The topological polar surface area (TPSA) is 111 Å². The number of nitrogens with zero attached hydrogens (tertiary/aromatic N) is 3. The van der Waals surface area contributed by atoms with Crippen LogP contribution in [-0.2, 0) is 4.79 Å². The molecule has 2 aromatic rings. The summed E-state index contributed by atoms with van der Waals surface area (Å²) in [7, 11) is 0. The standard InChI is InChI=1S/C22H25N5O3/c1-3-30-15-9-7-14(8-10-15)17-16(12-23)20(28)24-19-18(17)21(29)26-22(25-19)27-11-5-4-6-13(27)2/h7-10,13,16-17H,3-6,11H2,1-2H3,(H2,24,25,26,28,29). The molecule has 4 rings (SSSR count). The Morgan fingerprint density at radius 2 is 2.03 bits per heavy atom. The summed E-state index contributed by atoms with van der Waals surface area (Å²) in [6.45, 7) is 5.34. The minimum Gasteiger partial charge on any atom is -0.494 e. The first kappa shape index (κ1) is 20.0. The van der Waals surface area contributed by atoms with Gasteiger partial charge in [0.25, 0.3) is 5.56 Å². The summed E-state index contributed by atoms with van der Waals surface area (Å²) in [6.07, 6.45) is 3.20. The van der Waals surface area contributed by atoms with E-state index in [2.05, 4.69) is 33.2 Å². The summed E-state index contributed by atoms with van der Waals surface area (Å²) in [6, 6.07) is 9.47. The molecule has 0 radical (unpaired) electrons. The largest absolute Gasteiger partial charge is 0.494 e. The van der Waals surface area contributed by atoms with E-state index >= 15 is 0 Å². The van der Waals surface area contributed by atoms with E-state index in [4.69, 9.17) is 4.74 Å². The molecule has 0 aliphatic carbocycles. The number of fused-ring (bicyclic) bond motifs is 1. The molecule has 8 heteroatoms. The molecule has 0 bridgehead atoms. The fraction of sp³-hybridized carbons (Fsp3) is 0.455. The summed E-state index contributed by atoms with van der Waals surface area (Å²) >= 11 is 0. The first-order valence-electron chi connectivity index (χ1n) is 10.4. The van der Waals surface area contributed by atoms with E-state index in [1.54, 1.807) is 24.3 Å². The molecule has 2 aliphatic rings. The molecular formula is C22H25N5O3. The third kappa shape index (κ3) is 3.52. The molecule has 2 aliphatic heterocycles. The van der Waals surface area contributed by atoms with E-state index in [1.165, 1.54) is 0 Å². The van der Waals surface area contributed by atoms with Gasteiger partial charge in [-0.3, -0.25) is 14.6 Å². The van der Waals surface area contributed by atoms with Gasteiger partial charge >= 0.3 is 0 Å². The van der Waals surface area contributed by atoms with Gasteiger partial charge in [0.15, 0.2) is 0 Å². The van der Waals surface area contributed by atoms with Gasteiger partial charge in [-0.2, -0.15) is 10.2 Å². The second-order valence-corrected chi connectivity index (χ2v) is 7.77. The van der Waals surface area contributed by atoms with Crippen LogP contribution in [0.3, 0.4) is 0 Å². The Labute approximate surface area is 174 Å². The Kier molecular flexibility index (Phi) is 5.44. The highest BCUT2D eigenvalue weighted by molar-refractivity contribution is 5.98. The van der Waals surface area contributed by atoms with E-state index in [0.717, 1.165) is 25.8 Å². The van der Waals surface area contributed by atoms with Gasteiger partial charge in [-0.1, -0.05) is 12.1 Å². The number of hydrogen-bond acceptors (Lipinski definition) is 6. The monoisotopic (exact) mass is 407 g/mol. The number of benzene rings is 1. The molecular weight excluding hydrogens is 382 g/mol. The molecule has 2 N–H and O–H groups in total. The highest BCUT2D eigenvalue weighted by Gasteiger charge is 2.40. The fourth-order valence-corrected chi connectivity index (χ4v) is 4.35. The minimum atomic E-state index is -1.02. The summed E-state index contributed by atoms with van der Waals surface area (Å²) in [5, 5.41) is 12.3. The van der Waals surface area contributed by atoms with Crippen LogP contribution in [0.25, 0.3) is 0 Å². The number of carbonyl (C=O) groups is 1. The summed E-state index contributed by atoms with van der Waals surface area (Å²) in [5.41, 5.74) is 0.693. The Morgan fingerprint density at radius 3 is 2.70 bits per heavy atom. The van der Waals surface area contributed by atoms with Crippen LogP contribution in [0, 0.1) is 17.2 Å². The number of aromatic nitrogens is 2. The first-order chi connectivity index (χ1) is 14.5. The predicted molar refractivity (Wildman–Crippen MR) is 113 cm³/mol. The molecule has 1 amide bonds. The van der Waals surface area contributed by atoms with Crippen LogP contribution in [0.15, 0.2) is 29.1 Å². The average molecular weight is 407 g/mol. The lowest BCUT2D eigenvalue weighted by molar-refractivity contribution is -0.119. The molecule has 156 valence electrons. The van der Waals surface area contributed by atoms with Crippen molar-refractivity contribution in [3.8, 4) is 11.8 Å². The van der Waals surface area contributed by atoms with Crippen LogP contribution in [0.5, 0.6) is 5.75 Å². The van der Waals surface area contributed by atoms with Crippen LogP contribution in [0.1, 0.15) is 50.2 Å². The summed E-state index contributed by atoms with van der Waals surface area (Å²) in [5.74, 6) is -0.762. The van der Waals surface area contributed by atoms with Crippen LogP contribution < -0.4 is 20.5 Å². The van der Waals surface area contributed by atoms with Crippen molar-refractivity contribution in [1.82, 2.24) is 9.97 Å². The zero-order chi connectivity index (χ0) is 21.3. The van der Waals surface area contributed by atoms with Crippen molar-refractivity contribution in [3.63, 3.8) is 0 Å². The molecule has 0 spiro atoms. The molecule has 1 aromatic heterocycles. The lowest BCUT2D eigenvalue weighted by Crippen LogP contribution is -2.42. The number of carbonyl (C=O) groups excluding carboxylic acids is 1. The number of H-pyrrole nitrogens is 1. The maximum atomic E-state index is 13.1. The van der Waals surface area contributed by atoms with Crippen molar-refractivity contribution >= 4 is 17.7 Å². The van der Waals surface area contributed by atoms with Crippen molar-refractivity contribution in [3.05, 3.63) is 45.7 Å². The number of anilines is 2. The SMILES string of the molecule is CCOc1ccc(C2c3c(nc(N4CCCCC4C)[nH]c3=O)NC(=O)C2C#N)cc1. The smallest absolute Gasteiger partial charge is 0.258 e. The van der Waals surface area contributed by atoms with E-state index < -0.39 is 17.7 Å². The molecule has 3 atom stereocenters. The van der Waals surface area contributed by atoms with E-state index in [9.17, 15) is 14.9 Å². The lowest BCUT2D eigenvalue weighted by Gasteiger charge is -2.35. The number of hydrogen-bond donors (Lipinski definition) is 2. The van der Waals surface area contributed by atoms with Gasteiger partial charge in [0, 0.05) is 18.5 Å². The predicted octanol–water partition coefficient (Wildman–Crippen LogP) is 2.77. The highest BCUT2D eigenvalue weighted by atomic mass is 16.5. The third-order valence-electron chi connectivity index (χ3n) is 5.88. The van der Waals surface area contributed by atoms with Gasteiger partial charge in [0.1, 0.15) is 17.5 Å². The molecule has 3 unspecified atom stereocenters. The zero-order valence-corrected chi connectivity index (χ0v) is 17.1. The molecule has 1 aromatic carbocycles. The number of rotatable bonds is 4. The second-order valence-electron chi connectivity index (χ2n) is 7.77. The number of nitrogens with one attached hydrogen (secondary N) is 2. The Bertz CT molecular complexity index is 1040. The molecule has 1 fully saturated rings. The highest BCUT2D eigenvalue weighted by Crippen LogP contribution is 2.39. The Morgan fingerprint density at radius 1 is 1.27 bits per heavy atom. The molecule has 1 saturated heterocycles. The number of nitriles is 1. The van der Waals surface area contributed by atoms with Crippen LogP contribution in [-0.4, -0.2) is 35.1 Å². The van der Waals surface area contributed by atoms with E-state index in [1.807, 2.05) is 6.92 Å². The number of aromatic amines is 1. The fourth-order valence-electron chi connectivity index (χ4n) is 4.35. The van der Waals surface area contributed by atoms with Crippen molar-refractivity contribution in [2.75, 3.05) is 23.4 Å². The second kappa shape index (κ2) is 8.19. The molecule has 0 saturated carbocycles. The van der Waals surface area contributed by atoms with Gasteiger partial charge in [-0.25, -0.2) is 0 Å². The van der Waals surface area contributed by atoms with Crippen LogP contribution in [0.4, 0.5) is 11.8 Å². The van der Waals surface area contributed by atoms with Gasteiger partial charge in [0.2, 0.25) is 11.9 Å². The normalized spacial score (nSPS) is 23.3. The maximum absolute atomic E-state index is 13.1. The Balaban J connectivity index is 1.79. The first-order valence-corrected chi connectivity index (χ1v) is 10.4. The number of piperidine rings is 1. The zero-order valence-electron chi connectivity index (χ0n) is 17.1. The number of amides is 1. The summed E-state index contributed by atoms with van der Waals surface area (Å²) < 4.78 is 5.48. The average Bonchev–Trinajstić information content (AvgIpc) is 2.74. The van der Waals surface area contributed by atoms with Gasteiger partial charge in [-0.15, -0.1) is 0 Å². The summed E-state index contributed by atoms with van der Waals surface area (Å²) in [4.78, 5) is 35.4. The van der Waals surface area contributed by atoms with Crippen LogP contribution in [0.2, 0.25) is 0 Å². The number of ether oxygens (including phenoxy) is 1. The van der Waals surface area contributed by atoms with Crippen molar-refractivity contribution in [2.45, 2.75) is 45.1 Å². The third-order valence-corrected chi connectivity index (χ3v) is 5.88. The minimum absolute atomic E-state index is 0.238. The maximum Gasteiger partial charge on any atom is 0.258 e. The van der Waals surface area contributed by atoms with Crippen molar-refractivity contribution < 1.29 is 9.53 Å². The van der Waals surface area contributed by atoms with Crippen molar-refractivity contribution in [2.24, 2.45) is 5.92 Å². The molecule has 3 heterocycles. The van der Waals surface area contributed by atoms with Gasteiger partial charge in [-0.05, 0) is 50.8 Å². The Hall–Kier alpha value is -3.34. The molecule has 30 heavy (non-hydrogen) atoms. The van der Waals surface area contributed by atoms with Gasteiger partial charge < -0.3 is 15.0 Å². The quantitative estimate of drug-likeness (QED) is 0.806. The van der Waals surface area contributed by atoms with Gasteiger partial charge in [0.05, 0.1) is 18.2 Å².